The summed E-state index contributed by atoms with van der Waals surface area (Å²) < 4.78 is 12.0. The average Bonchev–Trinajstić information content (AvgIpc) is 2.32. The van der Waals surface area contributed by atoms with Crippen molar-refractivity contribution in [2.75, 3.05) is 6.23 Å². The van der Waals surface area contributed by atoms with Gasteiger partial charge in [0.25, 0.3) is 0 Å². The Morgan fingerprint density at radius 1 is 1.00 bits per heavy atom. The van der Waals surface area contributed by atoms with Crippen molar-refractivity contribution in [3.05, 3.63) is 35.4 Å². The van der Waals surface area contributed by atoms with Crippen LogP contribution >= 0.6 is 0 Å². The summed E-state index contributed by atoms with van der Waals surface area (Å²) in [6.45, 7) is 26.9. The first-order valence-corrected chi connectivity index (χ1v) is 18.8. The molecule has 0 atom stereocenters. The fourth-order valence-corrected chi connectivity index (χ4v) is 8.54. The maximum Gasteiger partial charge on any atom is 0.242 e. The zero-order chi connectivity index (χ0) is 18.5. The SMILES string of the molecule is C=C(C[Si](C)(C)C)[Si](C)(C)CO/C=C(C)/C(=C/C)O[Si](C)(C)C. The van der Waals surface area contributed by atoms with Crippen LogP contribution in [0.15, 0.2) is 35.4 Å². The topological polar surface area (TPSA) is 18.5 Å². The largest absolute Gasteiger partial charge is 0.544 e. The van der Waals surface area contributed by atoms with Gasteiger partial charge in [-0.25, -0.2) is 0 Å². The highest BCUT2D eigenvalue weighted by atomic mass is 28.4. The summed E-state index contributed by atoms with van der Waals surface area (Å²) >= 11 is 0. The van der Waals surface area contributed by atoms with E-state index in [2.05, 4.69) is 65.9 Å². The third kappa shape index (κ3) is 10.0. The minimum Gasteiger partial charge on any atom is -0.544 e. The maximum absolute atomic E-state index is 6.10. The first-order valence-electron chi connectivity index (χ1n) is 8.50. The Balaban J connectivity index is 4.75. The van der Waals surface area contributed by atoms with Crippen LogP contribution in [-0.2, 0) is 9.16 Å². The molecular weight excluding hydrogens is 332 g/mol. The molecule has 0 saturated heterocycles. The fourth-order valence-electron chi connectivity index (χ4n) is 2.11. The molecule has 5 heteroatoms. The van der Waals surface area contributed by atoms with Crippen LogP contribution in [0, 0.1) is 0 Å². The summed E-state index contributed by atoms with van der Waals surface area (Å²) in [7, 11) is -4.25. The summed E-state index contributed by atoms with van der Waals surface area (Å²) in [6.07, 6.45) is 4.68. The molecule has 0 amide bonds. The molecule has 134 valence electrons. The second kappa shape index (κ2) is 8.53. The van der Waals surface area contributed by atoms with Gasteiger partial charge in [-0.2, -0.15) is 0 Å². The predicted octanol–water partition coefficient (Wildman–Crippen LogP) is 6.34. The van der Waals surface area contributed by atoms with Gasteiger partial charge in [0, 0.05) is 13.6 Å². The molecule has 0 spiro atoms. The van der Waals surface area contributed by atoms with Crippen LogP contribution in [0.1, 0.15) is 13.8 Å². The molecule has 2 nitrogen and oxygen atoms in total. The van der Waals surface area contributed by atoms with E-state index in [0.717, 1.165) is 17.6 Å². The van der Waals surface area contributed by atoms with Crippen LogP contribution in [0.4, 0.5) is 0 Å². The van der Waals surface area contributed by atoms with E-state index in [1.807, 2.05) is 19.3 Å². The third-order valence-electron chi connectivity index (χ3n) is 3.47. The fraction of sp³-hybridized carbons (Fsp3) is 0.667. The lowest BCUT2D eigenvalue weighted by molar-refractivity contribution is 0.297. The van der Waals surface area contributed by atoms with Crippen molar-refractivity contribution in [3.63, 3.8) is 0 Å². The summed E-state index contributed by atoms with van der Waals surface area (Å²) in [5.74, 6) is 0.949. The molecule has 0 N–H and O–H groups in total. The molecule has 0 aromatic carbocycles. The van der Waals surface area contributed by atoms with Crippen LogP contribution < -0.4 is 0 Å². The van der Waals surface area contributed by atoms with Crippen molar-refractivity contribution >= 4 is 24.5 Å². The van der Waals surface area contributed by atoms with Crippen LogP contribution in [0.2, 0.25) is 58.4 Å². The Labute approximate surface area is 147 Å². The van der Waals surface area contributed by atoms with Crippen molar-refractivity contribution in [2.24, 2.45) is 0 Å². The van der Waals surface area contributed by atoms with Crippen molar-refractivity contribution in [2.45, 2.75) is 72.3 Å². The Kier molecular flexibility index (Phi) is 8.34. The quantitative estimate of drug-likeness (QED) is 0.268. The standard InChI is InChI=1S/C18H38O2Si3/c1-12-18(20-22(7,8)9)16(2)13-19-15-23(10,11)17(3)14-21(4,5)6/h12-13H,3,14-15H2,1-2,4-11H3/b16-13+,18-12-. The molecule has 0 fully saturated rings. The molecule has 0 aliphatic heterocycles. The highest BCUT2D eigenvalue weighted by Crippen LogP contribution is 2.24. The zero-order valence-corrected chi connectivity index (χ0v) is 20.1. The van der Waals surface area contributed by atoms with E-state index in [1.54, 1.807) is 0 Å². The lowest BCUT2D eigenvalue weighted by Gasteiger charge is -2.29. The van der Waals surface area contributed by atoms with Gasteiger partial charge in [0.2, 0.25) is 8.32 Å². The molecule has 0 radical (unpaired) electrons. The van der Waals surface area contributed by atoms with Gasteiger partial charge < -0.3 is 9.16 Å². The summed E-state index contributed by atoms with van der Waals surface area (Å²) in [6, 6.07) is 1.21. The van der Waals surface area contributed by atoms with Gasteiger partial charge in [-0.15, -0.1) is 6.58 Å². The van der Waals surface area contributed by atoms with Crippen LogP contribution in [-0.4, -0.2) is 30.7 Å². The van der Waals surface area contributed by atoms with E-state index in [0.29, 0.717) is 0 Å². The molecule has 23 heavy (non-hydrogen) atoms. The lowest BCUT2D eigenvalue weighted by atomic mass is 10.3. The van der Waals surface area contributed by atoms with Gasteiger partial charge in [0.1, 0.15) is 13.8 Å². The summed E-state index contributed by atoms with van der Waals surface area (Å²) in [4.78, 5) is 0. The number of hydrogen-bond acceptors (Lipinski definition) is 2. The van der Waals surface area contributed by atoms with E-state index in [9.17, 15) is 0 Å². The summed E-state index contributed by atoms with van der Waals surface area (Å²) in [5.41, 5.74) is 1.07. The van der Waals surface area contributed by atoms with Crippen LogP contribution in [0.5, 0.6) is 0 Å². The second-order valence-electron chi connectivity index (χ2n) is 9.20. The highest BCUT2D eigenvalue weighted by molar-refractivity contribution is 6.87. The number of allylic oxidation sites excluding steroid dienone is 3. The first-order chi connectivity index (χ1) is 10.2. The molecule has 0 aliphatic rings. The molecular formula is C18H38O2Si3. The molecule has 0 bridgehead atoms. The minimum absolute atomic E-state index is 0.789. The maximum atomic E-state index is 6.10. The van der Waals surface area contributed by atoms with Crippen molar-refractivity contribution < 1.29 is 9.16 Å². The van der Waals surface area contributed by atoms with E-state index in [-0.39, 0.29) is 0 Å². The minimum atomic E-state index is -1.59. The van der Waals surface area contributed by atoms with Gasteiger partial charge in [0.15, 0.2) is 0 Å². The van der Waals surface area contributed by atoms with Crippen molar-refractivity contribution in [1.82, 2.24) is 0 Å². The molecule has 0 saturated carbocycles. The Morgan fingerprint density at radius 2 is 1.52 bits per heavy atom. The smallest absolute Gasteiger partial charge is 0.242 e. The molecule has 0 aromatic heterocycles. The van der Waals surface area contributed by atoms with Crippen LogP contribution in [0.25, 0.3) is 0 Å². The van der Waals surface area contributed by atoms with Crippen LogP contribution in [0.3, 0.4) is 0 Å². The molecule has 0 aliphatic carbocycles. The molecule has 0 heterocycles. The Morgan fingerprint density at radius 3 is 1.91 bits per heavy atom. The highest BCUT2D eigenvalue weighted by Gasteiger charge is 2.29. The van der Waals surface area contributed by atoms with E-state index >= 15 is 0 Å². The van der Waals surface area contributed by atoms with Gasteiger partial charge >= 0.3 is 0 Å². The second-order valence-corrected chi connectivity index (χ2v) is 23.9. The Bertz CT molecular complexity index is 464. The molecule has 0 rings (SSSR count). The third-order valence-corrected chi connectivity index (χ3v) is 9.12. The van der Waals surface area contributed by atoms with E-state index in [4.69, 9.17) is 9.16 Å². The van der Waals surface area contributed by atoms with Crippen molar-refractivity contribution in [1.29, 1.82) is 0 Å². The zero-order valence-electron chi connectivity index (χ0n) is 17.1. The van der Waals surface area contributed by atoms with E-state index in [1.165, 1.54) is 11.2 Å². The monoisotopic (exact) mass is 370 g/mol. The predicted molar refractivity (Wildman–Crippen MR) is 113 cm³/mol. The Hall–Kier alpha value is -0.529. The first kappa shape index (κ1) is 22.5. The summed E-state index contributed by atoms with van der Waals surface area (Å²) in [5, 5.41) is 1.44. The van der Waals surface area contributed by atoms with Gasteiger partial charge in [0.05, 0.1) is 12.5 Å². The number of hydrogen-bond donors (Lipinski definition) is 0. The van der Waals surface area contributed by atoms with Crippen molar-refractivity contribution in [3.8, 4) is 0 Å². The molecule has 0 unspecified atom stereocenters. The van der Waals surface area contributed by atoms with Gasteiger partial charge in [-0.1, -0.05) is 37.9 Å². The number of rotatable bonds is 9. The van der Waals surface area contributed by atoms with Gasteiger partial charge in [-0.05, 0) is 45.6 Å². The lowest BCUT2D eigenvalue weighted by Crippen LogP contribution is -2.38. The normalized spacial score (nSPS) is 14.7. The number of ether oxygens (including phenoxy) is 1. The molecule has 0 aromatic rings. The average molecular weight is 371 g/mol. The van der Waals surface area contributed by atoms with Gasteiger partial charge in [-0.3, -0.25) is 0 Å². The van der Waals surface area contributed by atoms with E-state index < -0.39 is 24.5 Å².